The fourth-order valence-electron chi connectivity index (χ4n) is 1.76. The third-order valence-electron chi connectivity index (χ3n) is 2.53. The number of fused-ring (bicyclic) bond motifs is 1. The summed E-state index contributed by atoms with van der Waals surface area (Å²) in [6, 6.07) is 4.98. The fourth-order valence-corrected chi connectivity index (χ4v) is 2.40. The van der Waals surface area contributed by atoms with Crippen LogP contribution in [0, 0.1) is 5.92 Å². The van der Waals surface area contributed by atoms with Crippen molar-refractivity contribution < 1.29 is 8.42 Å². The minimum Gasteiger partial charge on any atom is -0.342 e. The first-order valence-corrected chi connectivity index (χ1v) is 7.44. The van der Waals surface area contributed by atoms with Crippen LogP contribution in [0.4, 0.5) is 0 Å². The number of benzene rings is 1. The van der Waals surface area contributed by atoms with E-state index in [1.54, 1.807) is 18.2 Å². The number of aromatic nitrogens is 2. The quantitative estimate of drug-likeness (QED) is 0.910. The first-order valence-electron chi connectivity index (χ1n) is 5.55. The van der Waals surface area contributed by atoms with Crippen LogP contribution in [0.25, 0.3) is 11.0 Å². The van der Waals surface area contributed by atoms with E-state index in [2.05, 4.69) is 23.8 Å². The molecule has 0 bridgehead atoms. The summed E-state index contributed by atoms with van der Waals surface area (Å²) >= 11 is 0. The molecule has 0 unspecified atom stereocenters. The zero-order valence-electron chi connectivity index (χ0n) is 10.2. The molecule has 1 N–H and O–H groups in total. The first kappa shape index (κ1) is 12.1. The standard InChI is InChI=1S/C12H16N2O2S/c1-8(2)6-12-13-10-5-4-9(17(3,15)16)7-11(10)14-12/h4-5,7-8H,6H2,1-3H3,(H,13,14). The van der Waals surface area contributed by atoms with Crippen molar-refractivity contribution >= 4 is 20.9 Å². The Morgan fingerprint density at radius 2 is 2.06 bits per heavy atom. The number of imidazole rings is 1. The SMILES string of the molecule is CC(C)Cc1nc2ccc(S(C)(=O)=O)cc2[nH]1. The molecule has 0 fully saturated rings. The molecule has 0 radical (unpaired) electrons. The van der Waals surface area contributed by atoms with E-state index < -0.39 is 9.84 Å². The molecule has 0 atom stereocenters. The van der Waals surface area contributed by atoms with Gasteiger partial charge in [-0.2, -0.15) is 0 Å². The van der Waals surface area contributed by atoms with E-state index in [4.69, 9.17) is 0 Å². The van der Waals surface area contributed by atoms with Gasteiger partial charge in [-0.05, 0) is 24.1 Å². The maximum atomic E-state index is 11.4. The molecule has 17 heavy (non-hydrogen) atoms. The molecule has 2 rings (SSSR count). The zero-order chi connectivity index (χ0) is 12.6. The van der Waals surface area contributed by atoms with E-state index in [1.807, 2.05) is 0 Å². The Morgan fingerprint density at radius 1 is 1.35 bits per heavy atom. The van der Waals surface area contributed by atoms with Crippen LogP contribution in [0.5, 0.6) is 0 Å². The summed E-state index contributed by atoms with van der Waals surface area (Å²) in [5.74, 6) is 1.42. The average Bonchev–Trinajstić information content (AvgIpc) is 2.55. The number of hydrogen-bond donors (Lipinski definition) is 1. The molecular weight excluding hydrogens is 236 g/mol. The summed E-state index contributed by atoms with van der Waals surface area (Å²) in [6.07, 6.45) is 2.07. The maximum Gasteiger partial charge on any atom is 0.175 e. The highest BCUT2D eigenvalue weighted by atomic mass is 32.2. The Hall–Kier alpha value is -1.36. The van der Waals surface area contributed by atoms with Crippen molar-refractivity contribution in [2.24, 2.45) is 5.92 Å². The third kappa shape index (κ3) is 2.66. The van der Waals surface area contributed by atoms with Gasteiger partial charge in [0.1, 0.15) is 5.82 Å². The van der Waals surface area contributed by atoms with Gasteiger partial charge in [0.2, 0.25) is 0 Å². The van der Waals surface area contributed by atoms with Crippen molar-refractivity contribution in [2.75, 3.05) is 6.26 Å². The van der Waals surface area contributed by atoms with Crippen molar-refractivity contribution in [2.45, 2.75) is 25.2 Å². The van der Waals surface area contributed by atoms with Crippen molar-refractivity contribution in [1.29, 1.82) is 0 Å². The number of nitrogens with one attached hydrogen (secondary N) is 1. The smallest absolute Gasteiger partial charge is 0.175 e. The first-order chi connectivity index (χ1) is 7.86. The van der Waals surface area contributed by atoms with E-state index in [1.165, 1.54) is 6.26 Å². The molecule has 92 valence electrons. The summed E-state index contributed by atoms with van der Waals surface area (Å²) in [4.78, 5) is 7.91. The van der Waals surface area contributed by atoms with E-state index in [0.29, 0.717) is 10.8 Å². The van der Waals surface area contributed by atoms with Crippen LogP contribution in [0.1, 0.15) is 19.7 Å². The number of rotatable bonds is 3. The molecule has 1 aromatic carbocycles. The zero-order valence-corrected chi connectivity index (χ0v) is 11.0. The van der Waals surface area contributed by atoms with Crippen LogP contribution in [0.2, 0.25) is 0 Å². The number of aromatic amines is 1. The highest BCUT2D eigenvalue weighted by Crippen LogP contribution is 2.18. The maximum absolute atomic E-state index is 11.4. The van der Waals surface area contributed by atoms with E-state index >= 15 is 0 Å². The van der Waals surface area contributed by atoms with Gasteiger partial charge in [0.15, 0.2) is 9.84 Å². The Morgan fingerprint density at radius 3 is 2.65 bits per heavy atom. The van der Waals surface area contributed by atoms with Crippen LogP contribution in [-0.2, 0) is 16.3 Å². The second-order valence-electron chi connectivity index (χ2n) is 4.73. The highest BCUT2D eigenvalue weighted by Gasteiger charge is 2.10. The van der Waals surface area contributed by atoms with Gasteiger partial charge in [0.05, 0.1) is 15.9 Å². The minimum absolute atomic E-state index is 0.324. The summed E-state index contributed by atoms with van der Waals surface area (Å²) in [5.41, 5.74) is 1.59. The van der Waals surface area contributed by atoms with Gasteiger partial charge in [-0.1, -0.05) is 13.8 Å². The van der Waals surface area contributed by atoms with Gasteiger partial charge in [0.25, 0.3) is 0 Å². The van der Waals surface area contributed by atoms with Gasteiger partial charge in [0, 0.05) is 12.7 Å². The van der Waals surface area contributed by atoms with Crippen molar-refractivity contribution in [3.63, 3.8) is 0 Å². The van der Waals surface area contributed by atoms with E-state index in [-0.39, 0.29) is 0 Å². The third-order valence-corrected chi connectivity index (χ3v) is 3.64. The largest absolute Gasteiger partial charge is 0.342 e. The molecule has 0 spiro atoms. The number of sulfone groups is 1. The van der Waals surface area contributed by atoms with Gasteiger partial charge in [-0.25, -0.2) is 13.4 Å². The van der Waals surface area contributed by atoms with Crippen LogP contribution in [0.15, 0.2) is 23.1 Å². The van der Waals surface area contributed by atoms with Crippen molar-refractivity contribution in [3.05, 3.63) is 24.0 Å². The Labute approximate surface area is 101 Å². The molecule has 0 saturated heterocycles. The van der Waals surface area contributed by atoms with Gasteiger partial charge in [-0.15, -0.1) is 0 Å². The highest BCUT2D eigenvalue weighted by molar-refractivity contribution is 7.90. The molecule has 1 aromatic heterocycles. The minimum atomic E-state index is -3.16. The Balaban J connectivity index is 2.48. The molecule has 0 aliphatic heterocycles. The lowest BCUT2D eigenvalue weighted by Gasteiger charge is -1.98. The van der Waals surface area contributed by atoms with Crippen LogP contribution >= 0.6 is 0 Å². The van der Waals surface area contributed by atoms with Gasteiger partial charge < -0.3 is 4.98 Å². The second kappa shape index (κ2) is 4.14. The Kier molecular flexibility index (Phi) is 2.95. The monoisotopic (exact) mass is 252 g/mol. The van der Waals surface area contributed by atoms with E-state index in [9.17, 15) is 8.42 Å². The molecule has 0 amide bonds. The number of nitrogens with zero attached hydrogens (tertiary/aromatic N) is 1. The van der Waals surface area contributed by atoms with Crippen molar-refractivity contribution in [3.8, 4) is 0 Å². The van der Waals surface area contributed by atoms with Gasteiger partial charge in [-0.3, -0.25) is 0 Å². The summed E-state index contributed by atoms with van der Waals surface area (Å²) < 4.78 is 22.9. The van der Waals surface area contributed by atoms with Crippen molar-refractivity contribution in [1.82, 2.24) is 9.97 Å². The number of hydrogen-bond acceptors (Lipinski definition) is 3. The Bertz CT molecular complexity index is 642. The molecule has 0 aliphatic rings. The predicted octanol–water partition coefficient (Wildman–Crippen LogP) is 2.16. The summed E-state index contributed by atoms with van der Waals surface area (Å²) in [6.45, 7) is 4.24. The average molecular weight is 252 g/mol. The predicted molar refractivity (Wildman–Crippen MR) is 67.7 cm³/mol. The lowest BCUT2D eigenvalue weighted by atomic mass is 10.1. The number of H-pyrrole nitrogens is 1. The molecule has 4 nitrogen and oxygen atoms in total. The molecule has 0 saturated carbocycles. The topological polar surface area (TPSA) is 62.8 Å². The normalized spacial score (nSPS) is 12.5. The fraction of sp³-hybridized carbons (Fsp3) is 0.417. The summed E-state index contributed by atoms with van der Waals surface area (Å²) in [7, 11) is -3.16. The lowest BCUT2D eigenvalue weighted by Crippen LogP contribution is -1.96. The molecule has 2 aromatic rings. The lowest BCUT2D eigenvalue weighted by molar-refractivity contribution is 0.602. The van der Waals surface area contributed by atoms with Crippen LogP contribution in [-0.4, -0.2) is 24.6 Å². The second-order valence-corrected chi connectivity index (χ2v) is 6.75. The molecule has 0 aliphatic carbocycles. The van der Waals surface area contributed by atoms with Crippen LogP contribution < -0.4 is 0 Å². The molecule has 1 heterocycles. The van der Waals surface area contributed by atoms with Crippen LogP contribution in [0.3, 0.4) is 0 Å². The molecular formula is C12H16N2O2S. The van der Waals surface area contributed by atoms with Gasteiger partial charge >= 0.3 is 0 Å². The summed E-state index contributed by atoms with van der Waals surface area (Å²) in [5, 5.41) is 0. The van der Waals surface area contributed by atoms with E-state index in [0.717, 1.165) is 23.3 Å². The molecule has 5 heteroatoms.